The largest absolute Gasteiger partial charge is 0.481 e. The van der Waals surface area contributed by atoms with Crippen molar-refractivity contribution in [1.82, 2.24) is 14.8 Å². The van der Waals surface area contributed by atoms with E-state index in [-0.39, 0.29) is 0 Å². The molecular formula is C13H16N4O2S. The Balaban J connectivity index is 1.72. The molecule has 1 aliphatic rings. The number of carbonyl (C=O) groups is 1. The van der Waals surface area contributed by atoms with Crippen molar-refractivity contribution in [3.8, 4) is 0 Å². The first-order valence-electron chi connectivity index (χ1n) is 6.50. The fourth-order valence-corrected chi connectivity index (χ4v) is 3.57. The maximum absolute atomic E-state index is 11.1. The van der Waals surface area contributed by atoms with Gasteiger partial charge in [0.15, 0.2) is 5.13 Å². The van der Waals surface area contributed by atoms with E-state index in [1.54, 1.807) is 16.0 Å². The van der Waals surface area contributed by atoms with Crippen LogP contribution in [0.4, 0.5) is 5.13 Å². The number of rotatable bonds is 4. The predicted octanol–water partition coefficient (Wildman–Crippen LogP) is 1.91. The highest BCUT2D eigenvalue weighted by Gasteiger charge is 2.32. The van der Waals surface area contributed by atoms with Gasteiger partial charge in [-0.1, -0.05) is 0 Å². The van der Waals surface area contributed by atoms with Gasteiger partial charge >= 0.3 is 5.97 Å². The Morgan fingerprint density at radius 2 is 2.45 bits per heavy atom. The summed E-state index contributed by atoms with van der Waals surface area (Å²) in [6.07, 6.45) is 3.47. The number of thiazole rings is 1. The maximum Gasteiger partial charge on any atom is 0.312 e. The van der Waals surface area contributed by atoms with Crippen LogP contribution in [-0.2, 0) is 24.8 Å². The topological polar surface area (TPSA) is 80.0 Å². The molecule has 1 unspecified atom stereocenters. The number of carboxylic acid groups (broad SMARTS) is 1. The van der Waals surface area contributed by atoms with E-state index in [0.717, 1.165) is 33.4 Å². The van der Waals surface area contributed by atoms with Gasteiger partial charge in [-0.15, -0.1) is 11.3 Å². The van der Waals surface area contributed by atoms with Crippen LogP contribution in [0.15, 0.2) is 6.20 Å². The zero-order chi connectivity index (χ0) is 14.3. The Labute approximate surface area is 120 Å². The van der Waals surface area contributed by atoms with Crippen molar-refractivity contribution in [3.05, 3.63) is 28.0 Å². The summed E-state index contributed by atoms with van der Waals surface area (Å²) in [5, 5.41) is 17.5. The fourth-order valence-electron chi connectivity index (χ4n) is 2.54. The average Bonchev–Trinajstić information content (AvgIpc) is 2.99. The zero-order valence-corrected chi connectivity index (χ0v) is 12.2. The van der Waals surface area contributed by atoms with Crippen LogP contribution >= 0.6 is 11.3 Å². The molecule has 1 atom stereocenters. The van der Waals surface area contributed by atoms with Crippen LogP contribution in [0.5, 0.6) is 0 Å². The standard InChI is InChI=1S/C13H16N4O2S/c1-7-8(6-17(2)16-7)5-14-13-15-11-9(12(18)19)3-4-10(11)20-13/h6,9H,3-5H2,1-2H3,(H,14,15)(H,18,19). The molecule has 0 fully saturated rings. The normalized spacial score (nSPS) is 17.2. The number of aryl methyl sites for hydroxylation is 3. The van der Waals surface area contributed by atoms with Gasteiger partial charge in [0.25, 0.3) is 0 Å². The highest BCUT2D eigenvalue weighted by molar-refractivity contribution is 7.15. The van der Waals surface area contributed by atoms with Gasteiger partial charge in [-0.3, -0.25) is 9.48 Å². The third-order valence-corrected chi connectivity index (χ3v) is 4.65. The second kappa shape index (κ2) is 4.90. The number of aliphatic carboxylic acids is 1. The Bertz CT molecular complexity index is 661. The van der Waals surface area contributed by atoms with E-state index in [1.165, 1.54) is 0 Å². The van der Waals surface area contributed by atoms with Crippen molar-refractivity contribution in [2.45, 2.75) is 32.2 Å². The first-order chi connectivity index (χ1) is 9.54. The first kappa shape index (κ1) is 13.1. The number of hydrogen-bond acceptors (Lipinski definition) is 5. The molecule has 7 heteroatoms. The van der Waals surface area contributed by atoms with Gasteiger partial charge < -0.3 is 10.4 Å². The van der Waals surface area contributed by atoms with Crippen molar-refractivity contribution < 1.29 is 9.90 Å². The lowest BCUT2D eigenvalue weighted by Gasteiger charge is -2.03. The number of nitrogens with zero attached hydrogens (tertiary/aromatic N) is 3. The molecule has 2 aromatic heterocycles. The molecule has 0 saturated heterocycles. The predicted molar refractivity (Wildman–Crippen MR) is 76.1 cm³/mol. The summed E-state index contributed by atoms with van der Waals surface area (Å²) in [5.41, 5.74) is 2.86. The minimum Gasteiger partial charge on any atom is -0.481 e. The van der Waals surface area contributed by atoms with Gasteiger partial charge in [-0.05, 0) is 19.8 Å². The van der Waals surface area contributed by atoms with Crippen LogP contribution in [0.3, 0.4) is 0 Å². The van der Waals surface area contributed by atoms with Crippen LogP contribution in [-0.4, -0.2) is 25.8 Å². The number of aromatic nitrogens is 3. The Morgan fingerprint density at radius 3 is 3.10 bits per heavy atom. The SMILES string of the molecule is Cc1nn(C)cc1CNc1nc2c(s1)CCC2C(=O)O. The van der Waals surface area contributed by atoms with Crippen LogP contribution in [0.2, 0.25) is 0 Å². The monoisotopic (exact) mass is 292 g/mol. The van der Waals surface area contributed by atoms with Crippen LogP contribution in [0.1, 0.15) is 34.2 Å². The molecule has 0 saturated carbocycles. The number of hydrogen-bond donors (Lipinski definition) is 2. The summed E-state index contributed by atoms with van der Waals surface area (Å²) in [7, 11) is 1.89. The van der Waals surface area contributed by atoms with Gasteiger partial charge in [0.05, 0.1) is 11.4 Å². The number of carboxylic acids is 1. The lowest BCUT2D eigenvalue weighted by molar-refractivity contribution is -0.138. The molecule has 0 spiro atoms. The van der Waals surface area contributed by atoms with Gasteiger partial charge in [0, 0.05) is 30.2 Å². The van der Waals surface area contributed by atoms with E-state index in [1.807, 2.05) is 20.2 Å². The summed E-state index contributed by atoms with van der Waals surface area (Å²) in [4.78, 5) is 16.7. The minimum absolute atomic E-state index is 0.433. The third-order valence-electron chi connectivity index (χ3n) is 3.56. The second-order valence-electron chi connectivity index (χ2n) is 5.02. The molecule has 2 aromatic rings. The van der Waals surface area contributed by atoms with Crippen LogP contribution in [0, 0.1) is 6.92 Å². The number of anilines is 1. The zero-order valence-electron chi connectivity index (χ0n) is 11.4. The van der Waals surface area contributed by atoms with E-state index in [4.69, 9.17) is 5.11 Å². The number of nitrogens with one attached hydrogen (secondary N) is 1. The van der Waals surface area contributed by atoms with E-state index in [9.17, 15) is 4.79 Å². The highest BCUT2D eigenvalue weighted by Crippen LogP contribution is 2.38. The van der Waals surface area contributed by atoms with Crippen molar-refractivity contribution in [3.63, 3.8) is 0 Å². The van der Waals surface area contributed by atoms with E-state index in [0.29, 0.717) is 13.0 Å². The Hall–Kier alpha value is -1.89. The van der Waals surface area contributed by atoms with Gasteiger partial charge in [-0.25, -0.2) is 4.98 Å². The molecule has 0 amide bonds. The second-order valence-corrected chi connectivity index (χ2v) is 6.11. The smallest absolute Gasteiger partial charge is 0.312 e. The van der Waals surface area contributed by atoms with E-state index < -0.39 is 11.9 Å². The molecule has 2 N–H and O–H groups in total. The molecule has 20 heavy (non-hydrogen) atoms. The van der Waals surface area contributed by atoms with Crippen molar-refractivity contribution >= 4 is 22.4 Å². The summed E-state index contributed by atoms with van der Waals surface area (Å²) in [6.45, 7) is 2.63. The molecule has 1 aliphatic carbocycles. The molecule has 6 nitrogen and oxygen atoms in total. The Kier molecular flexibility index (Phi) is 3.21. The summed E-state index contributed by atoms with van der Waals surface area (Å²) in [6, 6.07) is 0. The molecule has 3 rings (SSSR count). The van der Waals surface area contributed by atoms with Crippen LogP contribution < -0.4 is 5.32 Å². The summed E-state index contributed by atoms with van der Waals surface area (Å²) >= 11 is 1.56. The van der Waals surface area contributed by atoms with E-state index >= 15 is 0 Å². The van der Waals surface area contributed by atoms with Crippen LogP contribution in [0.25, 0.3) is 0 Å². The molecule has 0 bridgehead atoms. The first-order valence-corrected chi connectivity index (χ1v) is 7.31. The molecule has 0 aromatic carbocycles. The van der Waals surface area contributed by atoms with Gasteiger partial charge in [0.1, 0.15) is 5.92 Å². The molecule has 2 heterocycles. The lowest BCUT2D eigenvalue weighted by atomic mass is 10.1. The maximum atomic E-state index is 11.1. The molecular weight excluding hydrogens is 276 g/mol. The van der Waals surface area contributed by atoms with Crippen molar-refractivity contribution in [2.75, 3.05) is 5.32 Å². The van der Waals surface area contributed by atoms with Crippen molar-refractivity contribution in [2.24, 2.45) is 7.05 Å². The average molecular weight is 292 g/mol. The van der Waals surface area contributed by atoms with Gasteiger partial charge in [0.2, 0.25) is 0 Å². The molecule has 106 valence electrons. The molecule has 0 radical (unpaired) electrons. The summed E-state index contributed by atoms with van der Waals surface area (Å²) < 4.78 is 1.79. The van der Waals surface area contributed by atoms with Gasteiger partial charge in [-0.2, -0.15) is 5.10 Å². The summed E-state index contributed by atoms with van der Waals surface area (Å²) in [5.74, 6) is -1.21. The highest BCUT2D eigenvalue weighted by atomic mass is 32.1. The lowest BCUT2D eigenvalue weighted by Crippen LogP contribution is -2.09. The minimum atomic E-state index is -0.774. The third kappa shape index (κ3) is 2.29. The van der Waals surface area contributed by atoms with E-state index in [2.05, 4.69) is 15.4 Å². The fraction of sp³-hybridized carbons (Fsp3) is 0.462. The van der Waals surface area contributed by atoms with Crippen molar-refractivity contribution in [1.29, 1.82) is 0 Å². The quantitative estimate of drug-likeness (QED) is 0.900. The Morgan fingerprint density at radius 1 is 1.65 bits per heavy atom. The number of fused-ring (bicyclic) bond motifs is 1. The molecule has 0 aliphatic heterocycles.